The molecule has 0 amide bonds. The number of hydrogen-bond acceptors (Lipinski definition) is 8. The average molecular weight is 453 g/mol. The molecule has 33 heavy (non-hydrogen) atoms. The molecule has 0 radical (unpaired) electrons. The molecule has 0 aliphatic rings. The van der Waals surface area contributed by atoms with Crippen LogP contribution in [0.3, 0.4) is 0 Å². The summed E-state index contributed by atoms with van der Waals surface area (Å²) >= 11 is 0. The van der Waals surface area contributed by atoms with Crippen molar-refractivity contribution >= 4 is 23.8 Å². The van der Waals surface area contributed by atoms with Crippen LogP contribution in [-0.2, 0) is 26.7 Å². The molecular weight excluding hydrogens is 420 g/mol. The van der Waals surface area contributed by atoms with E-state index in [1.165, 1.54) is 0 Å². The van der Waals surface area contributed by atoms with Gasteiger partial charge in [-0.25, -0.2) is 0 Å². The van der Waals surface area contributed by atoms with Crippen LogP contribution in [0, 0.1) is 6.92 Å². The molecule has 0 saturated carbocycles. The molecule has 12 heteroatoms. The summed E-state index contributed by atoms with van der Waals surface area (Å²) in [5.74, 6) is 2.96. The Morgan fingerprint density at radius 2 is 1.45 bits per heavy atom. The Bertz CT molecular complexity index is 1180. The van der Waals surface area contributed by atoms with Gasteiger partial charge in [0.2, 0.25) is 23.8 Å². The number of rotatable bonds is 10. The summed E-state index contributed by atoms with van der Waals surface area (Å²) in [6, 6.07) is 8.30. The van der Waals surface area contributed by atoms with Crippen molar-refractivity contribution < 1.29 is 0 Å². The van der Waals surface area contributed by atoms with Crippen molar-refractivity contribution in [1.82, 2.24) is 39.9 Å². The Hall–Kier alpha value is -3.96. The van der Waals surface area contributed by atoms with Crippen LogP contribution in [0.2, 0.25) is 0 Å². The van der Waals surface area contributed by atoms with E-state index in [0.717, 1.165) is 47.2 Å². The minimum absolute atomic E-state index is 0.613. The third kappa shape index (κ3) is 5.10. The quantitative estimate of drug-likeness (QED) is 0.287. The van der Waals surface area contributed by atoms with Crippen molar-refractivity contribution in [3.8, 4) is 0 Å². The van der Waals surface area contributed by atoms with Gasteiger partial charge < -0.3 is 30.0 Å². The zero-order valence-corrected chi connectivity index (χ0v) is 20.0. The van der Waals surface area contributed by atoms with Gasteiger partial charge in [-0.2, -0.15) is 0 Å². The van der Waals surface area contributed by atoms with Crippen LogP contribution < -0.4 is 20.0 Å². The lowest BCUT2D eigenvalue weighted by atomic mass is 10.4. The highest BCUT2D eigenvalue weighted by Crippen LogP contribution is 2.17. The first-order chi connectivity index (χ1) is 15.8. The molecule has 4 aromatic rings. The van der Waals surface area contributed by atoms with Gasteiger partial charge in [0.15, 0.2) is 0 Å². The van der Waals surface area contributed by atoms with Gasteiger partial charge in [-0.15, -0.1) is 20.4 Å². The molecule has 4 heterocycles. The summed E-state index contributed by atoms with van der Waals surface area (Å²) in [5.41, 5.74) is 4.43. The normalized spacial score (nSPS) is 11.1. The van der Waals surface area contributed by atoms with Crippen LogP contribution in [-0.4, -0.2) is 68.1 Å². The number of nitrogens with zero attached hydrogens (tertiary/aromatic N) is 8. The number of aryl methyl sites for hydroxylation is 1. The van der Waals surface area contributed by atoms with E-state index in [1.54, 1.807) is 0 Å². The standard InChI is InChI=1S/C21H32N12/c1-14-7-8-16(23-14)13-32(5)21-29-26-18(33(21)6)22-11-15-9-10-17(24-15)12-31(4)20-25-19(27-28-20)30(2)3/h7-10,23-24H,11-13H2,1-6H3,(H,22,26)(H,25,27,28). The number of hydrogen-bond donors (Lipinski definition) is 4. The summed E-state index contributed by atoms with van der Waals surface area (Å²) < 4.78 is 1.96. The molecule has 0 saturated heterocycles. The smallest absolute Gasteiger partial charge is 0.228 e. The fraction of sp³-hybridized carbons (Fsp3) is 0.429. The molecule has 12 nitrogen and oxygen atoms in total. The Morgan fingerprint density at radius 1 is 0.788 bits per heavy atom. The molecule has 0 aromatic carbocycles. The van der Waals surface area contributed by atoms with E-state index in [0.29, 0.717) is 19.0 Å². The predicted octanol–water partition coefficient (Wildman–Crippen LogP) is 1.85. The van der Waals surface area contributed by atoms with Crippen molar-refractivity contribution in [2.24, 2.45) is 7.05 Å². The second-order valence-electron chi connectivity index (χ2n) is 8.49. The number of aromatic nitrogens is 8. The summed E-state index contributed by atoms with van der Waals surface area (Å²) in [5, 5.41) is 20.4. The van der Waals surface area contributed by atoms with Crippen LogP contribution in [0.1, 0.15) is 22.8 Å². The molecule has 0 atom stereocenters. The molecule has 0 spiro atoms. The van der Waals surface area contributed by atoms with Crippen molar-refractivity contribution in [2.45, 2.75) is 26.6 Å². The first-order valence-electron chi connectivity index (χ1n) is 10.8. The van der Waals surface area contributed by atoms with Gasteiger partial charge in [-0.05, 0) is 31.2 Å². The molecule has 0 aliphatic carbocycles. The average Bonchev–Trinajstić information content (AvgIpc) is 3.55. The van der Waals surface area contributed by atoms with E-state index in [1.807, 2.05) is 56.5 Å². The molecule has 0 aliphatic heterocycles. The number of aromatic amines is 3. The second kappa shape index (κ2) is 9.27. The SMILES string of the molecule is Cc1ccc(CN(C)c2nnc(NCc3ccc(CN(C)c4nnc(N(C)C)[nH]4)[nH]3)n2C)[nH]1. The maximum atomic E-state index is 4.35. The van der Waals surface area contributed by atoms with E-state index in [9.17, 15) is 0 Å². The van der Waals surface area contributed by atoms with E-state index in [2.05, 4.69) is 69.8 Å². The Morgan fingerprint density at radius 3 is 2.15 bits per heavy atom. The van der Waals surface area contributed by atoms with Gasteiger partial charge in [0, 0.05) is 58.0 Å². The number of H-pyrrole nitrogens is 3. The molecule has 0 bridgehead atoms. The van der Waals surface area contributed by atoms with Gasteiger partial charge in [0.25, 0.3) is 0 Å². The van der Waals surface area contributed by atoms with Gasteiger partial charge in [-0.3, -0.25) is 9.55 Å². The van der Waals surface area contributed by atoms with Crippen LogP contribution in [0.5, 0.6) is 0 Å². The zero-order chi connectivity index (χ0) is 23.5. The van der Waals surface area contributed by atoms with Crippen molar-refractivity contribution in [1.29, 1.82) is 0 Å². The van der Waals surface area contributed by atoms with Crippen molar-refractivity contribution in [3.63, 3.8) is 0 Å². The number of nitrogens with one attached hydrogen (secondary N) is 4. The summed E-state index contributed by atoms with van der Waals surface area (Å²) in [7, 11) is 9.80. The molecule has 4 aromatic heterocycles. The monoisotopic (exact) mass is 452 g/mol. The van der Waals surface area contributed by atoms with Crippen LogP contribution >= 0.6 is 0 Å². The van der Waals surface area contributed by atoms with Crippen molar-refractivity contribution in [2.75, 3.05) is 48.2 Å². The Balaban J connectivity index is 1.32. The van der Waals surface area contributed by atoms with Crippen LogP contribution in [0.15, 0.2) is 24.3 Å². The van der Waals surface area contributed by atoms with E-state index < -0.39 is 0 Å². The maximum Gasteiger partial charge on any atom is 0.228 e. The lowest BCUT2D eigenvalue weighted by Gasteiger charge is -2.17. The van der Waals surface area contributed by atoms with Gasteiger partial charge in [0.1, 0.15) is 0 Å². The maximum absolute atomic E-state index is 4.35. The third-order valence-electron chi connectivity index (χ3n) is 5.39. The highest BCUT2D eigenvalue weighted by molar-refractivity contribution is 5.40. The van der Waals surface area contributed by atoms with Gasteiger partial charge in [0.05, 0.1) is 19.6 Å². The first-order valence-corrected chi connectivity index (χ1v) is 10.8. The molecule has 4 N–H and O–H groups in total. The Labute approximate surface area is 193 Å². The number of anilines is 4. The summed E-state index contributed by atoms with van der Waals surface area (Å²) in [4.78, 5) is 16.0. The lowest BCUT2D eigenvalue weighted by Crippen LogP contribution is -2.20. The van der Waals surface area contributed by atoms with Crippen LogP contribution in [0.25, 0.3) is 0 Å². The minimum atomic E-state index is 0.613. The van der Waals surface area contributed by atoms with Crippen molar-refractivity contribution in [3.05, 3.63) is 47.0 Å². The highest BCUT2D eigenvalue weighted by atomic mass is 15.4. The molecule has 176 valence electrons. The summed E-state index contributed by atoms with van der Waals surface area (Å²) in [6.45, 7) is 4.07. The fourth-order valence-electron chi connectivity index (χ4n) is 3.60. The molecule has 0 unspecified atom stereocenters. The molecule has 4 rings (SSSR count). The zero-order valence-electron chi connectivity index (χ0n) is 20.0. The van der Waals surface area contributed by atoms with Crippen LogP contribution in [0.4, 0.5) is 23.8 Å². The van der Waals surface area contributed by atoms with Gasteiger partial charge >= 0.3 is 0 Å². The highest BCUT2D eigenvalue weighted by Gasteiger charge is 2.14. The lowest BCUT2D eigenvalue weighted by molar-refractivity contribution is 0.793. The molecule has 0 fully saturated rings. The Kier molecular flexibility index (Phi) is 6.24. The third-order valence-corrected chi connectivity index (χ3v) is 5.39. The largest absolute Gasteiger partial charge is 0.361 e. The van der Waals surface area contributed by atoms with E-state index in [-0.39, 0.29) is 0 Å². The summed E-state index contributed by atoms with van der Waals surface area (Å²) in [6.07, 6.45) is 0. The van der Waals surface area contributed by atoms with Gasteiger partial charge in [-0.1, -0.05) is 0 Å². The van der Waals surface area contributed by atoms with E-state index in [4.69, 9.17) is 0 Å². The topological polar surface area (TPSA) is 126 Å². The van der Waals surface area contributed by atoms with E-state index >= 15 is 0 Å². The second-order valence-corrected chi connectivity index (χ2v) is 8.49. The predicted molar refractivity (Wildman–Crippen MR) is 130 cm³/mol. The fourth-order valence-corrected chi connectivity index (χ4v) is 3.60. The minimum Gasteiger partial charge on any atom is -0.361 e. The first kappa shape index (κ1) is 22.2. The molecular formula is C21H32N12.